The molecule has 0 aromatic heterocycles. The highest BCUT2D eigenvalue weighted by Crippen LogP contribution is 2.24. The summed E-state index contributed by atoms with van der Waals surface area (Å²) in [5.74, 6) is -0.0995. The third-order valence-corrected chi connectivity index (χ3v) is 3.54. The van der Waals surface area contributed by atoms with Crippen LogP contribution in [-0.2, 0) is 13.0 Å². The normalized spacial score (nSPS) is 13.6. The Morgan fingerprint density at radius 2 is 2.00 bits per heavy atom. The molecule has 4 heteroatoms. The van der Waals surface area contributed by atoms with Crippen LogP contribution in [0.3, 0.4) is 0 Å². The predicted octanol–water partition coefficient (Wildman–Crippen LogP) is 2.29. The fourth-order valence-corrected chi connectivity index (χ4v) is 2.51. The summed E-state index contributed by atoms with van der Waals surface area (Å²) in [7, 11) is 0. The largest absolute Gasteiger partial charge is 0.506 e. The van der Waals surface area contributed by atoms with E-state index in [2.05, 4.69) is 10.6 Å². The number of benzene rings is 2. The van der Waals surface area contributed by atoms with Gasteiger partial charge in [0.05, 0.1) is 5.69 Å². The molecule has 1 heterocycles. The molecule has 4 nitrogen and oxygen atoms in total. The van der Waals surface area contributed by atoms with E-state index in [0.29, 0.717) is 11.3 Å². The fraction of sp³-hybridized carbons (Fsp3) is 0.188. The number of hydrogen-bond donors (Lipinski definition) is 3. The SMILES string of the molecule is O=C(Nc1ccccc1O)c1cccc2c1CCNC2. The molecule has 1 aliphatic rings. The highest BCUT2D eigenvalue weighted by atomic mass is 16.3. The van der Waals surface area contributed by atoms with Gasteiger partial charge in [0.15, 0.2) is 0 Å². The maximum absolute atomic E-state index is 12.4. The molecule has 0 spiro atoms. The Morgan fingerprint density at radius 1 is 1.15 bits per heavy atom. The lowest BCUT2D eigenvalue weighted by atomic mass is 9.95. The minimum absolute atomic E-state index is 0.0762. The van der Waals surface area contributed by atoms with E-state index in [4.69, 9.17) is 0 Å². The van der Waals surface area contributed by atoms with E-state index in [1.165, 1.54) is 5.56 Å². The van der Waals surface area contributed by atoms with Gasteiger partial charge in [-0.15, -0.1) is 0 Å². The monoisotopic (exact) mass is 268 g/mol. The molecule has 102 valence electrons. The maximum Gasteiger partial charge on any atom is 0.256 e. The van der Waals surface area contributed by atoms with Gasteiger partial charge in [0.25, 0.3) is 5.91 Å². The van der Waals surface area contributed by atoms with Crippen molar-refractivity contribution in [1.29, 1.82) is 0 Å². The molecule has 0 fully saturated rings. The second-order valence-corrected chi connectivity index (χ2v) is 4.84. The van der Waals surface area contributed by atoms with Gasteiger partial charge in [-0.2, -0.15) is 0 Å². The number of carbonyl (C=O) groups excluding carboxylic acids is 1. The molecule has 1 amide bonds. The van der Waals surface area contributed by atoms with Gasteiger partial charge in [0.2, 0.25) is 0 Å². The van der Waals surface area contributed by atoms with E-state index >= 15 is 0 Å². The highest BCUT2D eigenvalue weighted by molar-refractivity contribution is 6.06. The van der Waals surface area contributed by atoms with Crippen molar-refractivity contribution in [3.8, 4) is 5.75 Å². The topological polar surface area (TPSA) is 61.4 Å². The number of fused-ring (bicyclic) bond motifs is 1. The first-order valence-corrected chi connectivity index (χ1v) is 6.66. The van der Waals surface area contributed by atoms with Crippen LogP contribution in [0, 0.1) is 0 Å². The van der Waals surface area contributed by atoms with Gasteiger partial charge in [-0.25, -0.2) is 0 Å². The Morgan fingerprint density at radius 3 is 2.85 bits per heavy atom. The lowest BCUT2D eigenvalue weighted by molar-refractivity contribution is 0.102. The average Bonchev–Trinajstić information content (AvgIpc) is 2.49. The summed E-state index contributed by atoms with van der Waals surface area (Å²) in [6.45, 7) is 1.68. The fourth-order valence-electron chi connectivity index (χ4n) is 2.51. The average molecular weight is 268 g/mol. The summed E-state index contributed by atoms with van der Waals surface area (Å²) < 4.78 is 0. The van der Waals surface area contributed by atoms with Gasteiger partial charge >= 0.3 is 0 Å². The Kier molecular flexibility index (Phi) is 3.39. The smallest absolute Gasteiger partial charge is 0.256 e. The number of hydrogen-bond acceptors (Lipinski definition) is 3. The van der Waals surface area contributed by atoms with Crippen molar-refractivity contribution in [2.24, 2.45) is 0 Å². The van der Waals surface area contributed by atoms with Crippen LogP contribution in [0.4, 0.5) is 5.69 Å². The lowest BCUT2D eigenvalue weighted by Crippen LogP contribution is -2.26. The molecule has 0 aliphatic carbocycles. The minimum Gasteiger partial charge on any atom is -0.506 e. The van der Waals surface area contributed by atoms with Crippen molar-refractivity contribution in [3.05, 3.63) is 59.2 Å². The summed E-state index contributed by atoms with van der Waals surface area (Å²) in [6.07, 6.45) is 0.847. The molecule has 1 aliphatic heterocycles. The standard InChI is InChI=1S/C16H16N2O2/c19-15-7-2-1-6-14(15)18-16(20)13-5-3-4-11-10-17-9-8-12(11)13/h1-7,17,19H,8-10H2,(H,18,20). The number of anilines is 1. The number of rotatable bonds is 2. The van der Waals surface area contributed by atoms with E-state index in [1.54, 1.807) is 24.3 Å². The molecule has 3 rings (SSSR count). The highest BCUT2D eigenvalue weighted by Gasteiger charge is 2.17. The van der Waals surface area contributed by atoms with Crippen LogP contribution in [-0.4, -0.2) is 17.6 Å². The number of phenols is 1. The maximum atomic E-state index is 12.4. The first-order valence-electron chi connectivity index (χ1n) is 6.66. The molecule has 0 atom stereocenters. The Hall–Kier alpha value is -2.33. The molecular weight excluding hydrogens is 252 g/mol. The molecule has 2 aromatic rings. The molecule has 0 radical (unpaired) electrons. The van der Waals surface area contributed by atoms with E-state index in [-0.39, 0.29) is 11.7 Å². The summed E-state index contributed by atoms with van der Waals surface area (Å²) in [4.78, 5) is 12.4. The van der Waals surface area contributed by atoms with Crippen molar-refractivity contribution in [2.75, 3.05) is 11.9 Å². The van der Waals surface area contributed by atoms with E-state index in [1.807, 2.05) is 18.2 Å². The molecule has 2 aromatic carbocycles. The van der Waals surface area contributed by atoms with Crippen molar-refractivity contribution in [3.63, 3.8) is 0 Å². The number of aromatic hydroxyl groups is 1. The van der Waals surface area contributed by atoms with Crippen molar-refractivity contribution in [1.82, 2.24) is 5.32 Å². The zero-order chi connectivity index (χ0) is 13.9. The van der Waals surface area contributed by atoms with Crippen molar-refractivity contribution >= 4 is 11.6 Å². The third-order valence-electron chi connectivity index (χ3n) is 3.54. The van der Waals surface area contributed by atoms with E-state index in [9.17, 15) is 9.90 Å². The van der Waals surface area contributed by atoms with E-state index in [0.717, 1.165) is 25.1 Å². The zero-order valence-electron chi connectivity index (χ0n) is 11.0. The number of phenolic OH excluding ortho intramolecular Hbond substituents is 1. The van der Waals surface area contributed by atoms with E-state index < -0.39 is 0 Å². The molecule has 3 N–H and O–H groups in total. The second-order valence-electron chi connectivity index (χ2n) is 4.84. The van der Waals surface area contributed by atoms with Crippen molar-refractivity contribution in [2.45, 2.75) is 13.0 Å². The Bertz CT molecular complexity index is 653. The van der Waals surface area contributed by atoms with Gasteiger partial charge in [0.1, 0.15) is 5.75 Å². The van der Waals surface area contributed by atoms with Crippen LogP contribution in [0.5, 0.6) is 5.75 Å². The number of nitrogens with one attached hydrogen (secondary N) is 2. The van der Waals surface area contributed by atoms with Crippen LogP contribution in [0.25, 0.3) is 0 Å². The third kappa shape index (κ3) is 2.38. The summed E-state index contributed by atoms with van der Waals surface area (Å²) in [6, 6.07) is 12.5. The zero-order valence-corrected chi connectivity index (χ0v) is 11.0. The summed E-state index contributed by atoms with van der Waals surface area (Å²) in [5.41, 5.74) is 3.39. The molecule has 0 saturated heterocycles. The van der Waals surface area contributed by atoms with Gasteiger partial charge in [0, 0.05) is 12.1 Å². The van der Waals surface area contributed by atoms with Gasteiger partial charge in [-0.3, -0.25) is 4.79 Å². The predicted molar refractivity (Wildman–Crippen MR) is 77.9 cm³/mol. The molecule has 0 saturated carbocycles. The second kappa shape index (κ2) is 5.35. The Balaban J connectivity index is 1.90. The minimum atomic E-state index is -0.176. The Labute approximate surface area is 117 Å². The van der Waals surface area contributed by atoms with Gasteiger partial charge < -0.3 is 15.7 Å². The number of amides is 1. The van der Waals surface area contributed by atoms with Gasteiger partial charge in [-0.1, -0.05) is 24.3 Å². The summed E-state index contributed by atoms with van der Waals surface area (Å²) in [5, 5.41) is 15.8. The molecule has 0 bridgehead atoms. The number of para-hydroxylation sites is 2. The lowest BCUT2D eigenvalue weighted by Gasteiger charge is -2.20. The van der Waals surface area contributed by atoms with Gasteiger partial charge in [-0.05, 0) is 42.3 Å². The quantitative estimate of drug-likeness (QED) is 0.732. The van der Waals surface area contributed by atoms with Crippen LogP contribution in [0.1, 0.15) is 21.5 Å². The first-order chi connectivity index (χ1) is 9.75. The first kappa shape index (κ1) is 12.7. The van der Waals surface area contributed by atoms with Crippen LogP contribution >= 0.6 is 0 Å². The molecule has 0 unspecified atom stereocenters. The van der Waals surface area contributed by atoms with Crippen LogP contribution < -0.4 is 10.6 Å². The van der Waals surface area contributed by atoms with Crippen molar-refractivity contribution < 1.29 is 9.90 Å². The van der Waals surface area contributed by atoms with Crippen LogP contribution in [0.2, 0.25) is 0 Å². The molecule has 20 heavy (non-hydrogen) atoms. The molecular formula is C16H16N2O2. The van der Waals surface area contributed by atoms with Crippen LogP contribution in [0.15, 0.2) is 42.5 Å². The summed E-state index contributed by atoms with van der Waals surface area (Å²) >= 11 is 0. The number of carbonyl (C=O) groups is 1.